The number of ether oxygens (including phenoxy) is 2. The Labute approximate surface area is 164 Å². The minimum Gasteiger partial charge on any atom is -0.462 e. The molecule has 0 spiro atoms. The molecule has 144 valence electrons. The Morgan fingerprint density at radius 1 is 1.14 bits per heavy atom. The second-order valence-corrected chi connectivity index (χ2v) is 6.85. The zero-order valence-electron chi connectivity index (χ0n) is 15.2. The maximum absolute atomic E-state index is 13.7. The summed E-state index contributed by atoms with van der Waals surface area (Å²) in [6, 6.07) is 12.2. The molecule has 1 N–H and O–H groups in total. The van der Waals surface area contributed by atoms with Gasteiger partial charge >= 0.3 is 5.97 Å². The maximum atomic E-state index is 13.7. The van der Waals surface area contributed by atoms with Crippen molar-refractivity contribution in [1.29, 1.82) is 0 Å². The summed E-state index contributed by atoms with van der Waals surface area (Å²) in [5, 5.41) is 3.29. The van der Waals surface area contributed by atoms with Gasteiger partial charge in [0, 0.05) is 5.69 Å². The number of anilines is 1. The van der Waals surface area contributed by atoms with Gasteiger partial charge in [-0.3, -0.25) is 4.79 Å². The highest BCUT2D eigenvalue weighted by Gasteiger charge is 2.20. The molecular weight excluding hydrogens is 383 g/mol. The van der Waals surface area contributed by atoms with E-state index >= 15 is 0 Å². The van der Waals surface area contributed by atoms with Crippen molar-refractivity contribution in [2.45, 2.75) is 13.8 Å². The van der Waals surface area contributed by atoms with Crippen molar-refractivity contribution in [3.05, 3.63) is 69.8 Å². The van der Waals surface area contributed by atoms with Gasteiger partial charge in [-0.25, -0.2) is 14.2 Å². The Balaban J connectivity index is 1.71. The van der Waals surface area contributed by atoms with Gasteiger partial charge in [0.25, 0.3) is 5.91 Å². The van der Waals surface area contributed by atoms with Crippen LogP contribution in [0.15, 0.2) is 48.5 Å². The summed E-state index contributed by atoms with van der Waals surface area (Å²) in [6.07, 6.45) is 0. The van der Waals surface area contributed by atoms with Gasteiger partial charge in [0.05, 0.1) is 17.2 Å². The minimum atomic E-state index is -0.592. The molecule has 0 aliphatic carbocycles. The van der Waals surface area contributed by atoms with Gasteiger partial charge in [-0.1, -0.05) is 12.1 Å². The van der Waals surface area contributed by atoms with E-state index < -0.39 is 17.7 Å². The first kappa shape index (κ1) is 19.5. The first-order valence-corrected chi connectivity index (χ1v) is 9.28. The van der Waals surface area contributed by atoms with Crippen LogP contribution >= 0.6 is 11.3 Å². The van der Waals surface area contributed by atoms with E-state index in [1.54, 1.807) is 44.2 Å². The number of carbonyl (C=O) groups excluding carboxylic acids is 2. The van der Waals surface area contributed by atoms with Crippen molar-refractivity contribution in [2.24, 2.45) is 0 Å². The highest BCUT2D eigenvalue weighted by molar-refractivity contribution is 7.13. The van der Waals surface area contributed by atoms with E-state index in [0.717, 1.165) is 0 Å². The van der Waals surface area contributed by atoms with Crippen LogP contribution in [0, 0.1) is 12.7 Å². The first-order valence-electron chi connectivity index (χ1n) is 8.46. The molecule has 6 nitrogen and oxygen atoms in total. The van der Waals surface area contributed by atoms with Crippen LogP contribution in [0.4, 0.5) is 10.1 Å². The van der Waals surface area contributed by atoms with Crippen molar-refractivity contribution < 1.29 is 23.5 Å². The normalized spacial score (nSPS) is 10.4. The fraction of sp³-hybridized carbons (Fsp3) is 0.150. The molecule has 0 radical (unpaired) electrons. The number of benzene rings is 2. The Bertz CT molecular complexity index is 1000. The van der Waals surface area contributed by atoms with Crippen molar-refractivity contribution in [1.82, 2.24) is 4.98 Å². The molecule has 8 heteroatoms. The number of nitrogens with zero attached hydrogens (tertiary/aromatic N) is 1. The smallest absolute Gasteiger partial charge is 0.354 e. The predicted molar refractivity (Wildman–Crippen MR) is 104 cm³/mol. The maximum Gasteiger partial charge on any atom is 0.354 e. The van der Waals surface area contributed by atoms with Gasteiger partial charge in [-0.2, -0.15) is 0 Å². The average molecular weight is 400 g/mol. The number of thiazole rings is 1. The number of amides is 1. The quantitative estimate of drug-likeness (QED) is 0.601. The second kappa shape index (κ2) is 8.62. The van der Waals surface area contributed by atoms with E-state index in [4.69, 9.17) is 9.47 Å². The molecule has 2 aromatic carbocycles. The molecule has 1 aromatic heterocycles. The molecule has 0 unspecified atom stereocenters. The van der Waals surface area contributed by atoms with Crippen LogP contribution in [0.5, 0.6) is 11.6 Å². The zero-order chi connectivity index (χ0) is 20.1. The van der Waals surface area contributed by atoms with Gasteiger partial charge in [0.1, 0.15) is 11.6 Å². The molecule has 0 aliphatic heterocycles. The molecule has 0 saturated heterocycles. The van der Waals surface area contributed by atoms with Crippen LogP contribution in [0.1, 0.15) is 32.0 Å². The topological polar surface area (TPSA) is 77.5 Å². The minimum absolute atomic E-state index is 0.0418. The standard InChI is InChI=1S/C20H17FN2O4S/c1-3-26-20(25)17-19(22-12(2)28-17)27-14-10-8-13(9-11-14)23-18(24)15-6-4-5-7-16(15)21/h4-11H,3H2,1-2H3,(H,23,24). The van der Waals surface area contributed by atoms with Gasteiger partial charge < -0.3 is 14.8 Å². The summed E-state index contributed by atoms with van der Waals surface area (Å²) in [7, 11) is 0. The lowest BCUT2D eigenvalue weighted by Gasteiger charge is -2.08. The zero-order valence-corrected chi connectivity index (χ0v) is 16.0. The number of esters is 1. The Morgan fingerprint density at radius 2 is 1.86 bits per heavy atom. The Morgan fingerprint density at radius 3 is 2.54 bits per heavy atom. The van der Waals surface area contributed by atoms with Crippen molar-refractivity contribution in [2.75, 3.05) is 11.9 Å². The molecule has 3 rings (SSSR count). The van der Waals surface area contributed by atoms with Crippen LogP contribution in [-0.4, -0.2) is 23.5 Å². The SMILES string of the molecule is CCOC(=O)c1sc(C)nc1Oc1ccc(NC(=O)c2ccccc2F)cc1. The van der Waals surface area contributed by atoms with E-state index in [0.29, 0.717) is 16.4 Å². The predicted octanol–water partition coefficient (Wildman–Crippen LogP) is 4.81. The van der Waals surface area contributed by atoms with Crippen molar-refractivity contribution in [3.8, 4) is 11.6 Å². The largest absolute Gasteiger partial charge is 0.462 e. The monoisotopic (exact) mass is 400 g/mol. The number of carbonyl (C=O) groups is 2. The summed E-state index contributed by atoms with van der Waals surface area (Å²) in [6.45, 7) is 3.74. The molecule has 0 aliphatic rings. The number of nitrogens with one attached hydrogen (secondary N) is 1. The molecule has 3 aromatic rings. The molecule has 1 heterocycles. The number of aryl methyl sites for hydroxylation is 1. The van der Waals surface area contributed by atoms with Gasteiger partial charge in [0.2, 0.25) is 5.88 Å². The van der Waals surface area contributed by atoms with Crippen molar-refractivity contribution in [3.63, 3.8) is 0 Å². The summed E-state index contributed by atoms with van der Waals surface area (Å²) in [5.41, 5.74) is 0.431. The van der Waals surface area contributed by atoms with Crippen LogP contribution in [-0.2, 0) is 4.74 Å². The lowest BCUT2D eigenvalue weighted by Crippen LogP contribution is -2.13. The van der Waals surface area contributed by atoms with E-state index in [2.05, 4.69) is 10.3 Å². The van der Waals surface area contributed by atoms with Crippen molar-refractivity contribution >= 4 is 28.9 Å². The molecular formula is C20H17FN2O4S. The van der Waals surface area contributed by atoms with Crippen LogP contribution < -0.4 is 10.1 Å². The third-order valence-electron chi connectivity index (χ3n) is 3.61. The average Bonchev–Trinajstić information content (AvgIpc) is 3.04. The van der Waals surface area contributed by atoms with Crippen LogP contribution in [0.3, 0.4) is 0 Å². The highest BCUT2D eigenvalue weighted by Crippen LogP contribution is 2.30. The summed E-state index contributed by atoms with van der Waals surface area (Å²) >= 11 is 1.19. The number of rotatable bonds is 6. The van der Waals surface area contributed by atoms with E-state index in [1.807, 2.05) is 0 Å². The third kappa shape index (κ3) is 4.52. The first-order chi connectivity index (χ1) is 13.5. The summed E-state index contributed by atoms with van der Waals surface area (Å²) in [5.74, 6) is -1.03. The summed E-state index contributed by atoms with van der Waals surface area (Å²) < 4.78 is 24.4. The third-order valence-corrected chi connectivity index (χ3v) is 4.54. The van der Waals surface area contributed by atoms with Gasteiger partial charge in [0.15, 0.2) is 4.88 Å². The van der Waals surface area contributed by atoms with E-state index in [-0.39, 0.29) is 22.9 Å². The number of hydrogen-bond acceptors (Lipinski definition) is 6. The molecule has 1 amide bonds. The lowest BCUT2D eigenvalue weighted by molar-refractivity contribution is 0.0529. The van der Waals surface area contributed by atoms with E-state index in [9.17, 15) is 14.0 Å². The number of halogens is 1. The Kier molecular flexibility index (Phi) is 6.00. The van der Waals surface area contributed by atoms with E-state index in [1.165, 1.54) is 29.5 Å². The molecule has 0 saturated carbocycles. The fourth-order valence-electron chi connectivity index (χ4n) is 2.36. The lowest BCUT2D eigenvalue weighted by atomic mass is 10.2. The molecule has 28 heavy (non-hydrogen) atoms. The van der Waals surface area contributed by atoms with Crippen LogP contribution in [0.2, 0.25) is 0 Å². The fourth-order valence-corrected chi connectivity index (χ4v) is 3.11. The number of hydrogen-bond donors (Lipinski definition) is 1. The summed E-state index contributed by atoms with van der Waals surface area (Å²) in [4.78, 5) is 28.7. The second-order valence-electron chi connectivity index (χ2n) is 5.65. The molecule has 0 atom stereocenters. The van der Waals surface area contributed by atoms with Gasteiger partial charge in [-0.05, 0) is 50.2 Å². The van der Waals surface area contributed by atoms with Crippen LogP contribution in [0.25, 0.3) is 0 Å². The Hall–Kier alpha value is -3.26. The molecule has 0 bridgehead atoms. The highest BCUT2D eigenvalue weighted by atomic mass is 32.1. The number of aromatic nitrogens is 1. The van der Waals surface area contributed by atoms with Gasteiger partial charge in [-0.15, -0.1) is 11.3 Å². The molecule has 0 fully saturated rings.